The maximum Gasteiger partial charge on any atom is 0.573 e. The van der Waals surface area contributed by atoms with Gasteiger partial charge in [-0.2, -0.15) is 0 Å². The number of carbonyl (C=O) groups excluding carboxylic acids is 1. The zero-order chi connectivity index (χ0) is 22.7. The number of hydrogen-bond acceptors (Lipinski definition) is 6. The Morgan fingerprint density at radius 3 is 2.47 bits per heavy atom. The van der Waals surface area contributed by atoms with E-state index in [-0.39, 0.29) is 11.5 Å². The van der Waals surface area contributed by atoms with E-state index in [1.54, 1.807) is 30.3 Å². The lowest BCUT2D eigenvalue weighted by Gasteiger charge is -2.11. The third-order valence-corrected chi connectivity index (χ3v) is 4.66. The van der Waals surface area contributed by atoms with Crippen molar-refractivity contribution in [2.24, 2.45) is 5.16 Å². The van der Waals surface area contributed by atoms with E-state index >= 15 is 0 Å². The SMILES string of the molecule is CC(=O)c1cccc(-c2ccc(OC3=NO[C@H](c4ccc(OC(F)(F)F)cc4)C3)cn2)c1. The fraction of sp³-hybridized carbons (Fsp3) is 0.174. The van der Waals surface area contributed by atoms with Crippen LogP contribution in [0.4, 0.5) is 13.2 Å². The summed E-state index contributed by atoms with van der Waals surface area (Å²) in [7, 11) is 0. The Kier molecular flexibility index (Phi) is 5.81. The monoisotopic (exact) mass is 442 g/mol. The molecule has 1 aromatic heterocycles. The molecule has 4 rings (SSSR count). The normalized spacial score (nSPS) is 15.6. The molecule has 2 heterocycles. The Balaban J connectivity index is 1.36. The van der Waals surface area contributed by atoms with Crippen LogP contribution < -0.4 is 9.47 Å². The number of pyridine rings is 1. The number of nitrogens with zero attached hydrogens (tertiary/aromatic N) is 2. The highest BCUT2D eigenvalue weighted by molar-refractivity contribution is 5.95. The second kappa shape index (κ2) is 8.70. The number of ether oxygens (including phenoxy) is 2. The van der Waals surface area contributed by atoms with Gasteiger partial charge in [0.05, 0.1) is 18.3 Å². The molecule has 1 aliphatic heterocycles. The highest BCUT2D eigenvalue weighted by Gasteiger charge is 2.31. The zero-order valence-corrected chi connectivity index (χ0v) is 16.8. The Hall–Kier alpha value is -3.88. The number of rotatable bonds is 5. The molecule has 2 aromatic carbocycles. The summed E-state index contributed by atoms with van der Waals surface area (Å²) in [6.07, 6.45) is -3.38. The van der Waals surface area contributed by atoms with Gasteiger partial charge in [0.15, 0.2) is 11.9 Å². The predicted octanol–water partition coefficient (Wildman–Crippen LogP) is 5.70. The molecule has 1 atom stereocenters. The van der Waals surface area contributed by atoms with Crippen molar-refractivity contribution in [3.8, 4) is 22.8 Å². The Labute approximate surface area is 181 Å². The summed E-state index contributed by atoms with van der Waals surface area (Å²) in [6, 6.07) is 16.1. The number of Topliss-reactive ketones (excluding diaryl/α,β-unsaturated/α-hetero) is 1. The molecule has 0 saturated carbocycles. The van der Waals surface area contributed by atoms with Gasteiger partial charge < -0.3 is 14.3 Å². The molecular weight excluding hydrogens is 425 g/mol. The molecule has 32 heavy (non-hydrogen) atoms. The van der Waals surface area contributed by atoms with Crippen molar-refractivity contribution in [2.45, 2.75) is 25.8 Å². The van der Waals surface area contributed by atoms with Crippen LogP contribution in [0.15, 0.2) is 72.0 Å². The highest BCUT2D eigenvalue weighted by Crippen LogP contribution is 2.31. The number of carbonyl (C=O) groups is 1. The quantitative estimate of drug-likeness (QED) is 0.474. The molecule has 0 unspecified atom stereocenters. The van der Waals surface area contributed by atoms with Gasteiger partial charge >= 0.3 is 6.36 Å². The number of halogens is 3. The van der Waals surface area contributed by atoms with Crippen molar-refractivity contribution in [1.82, 2.24) is 4.98 Å². The summed E-state index contributed by atoms with van der Waals surface area (Å²) < 4.78 is 46.4. The first kappa shape index (κ1) is 21.4. The zero-order valence-electron chi connectivity index (χ0n) is 16.8. The number of ketones is 1. The minimum Gasteiger partial charge on any atom is -0.438 e. The van der Waals surface area contributed by atoms with Crippen molar-refractivity contribution in [3.05, 3.63) is 78.0 Å². The summed E-state index contributed by atoms with van der Waals surface area (Å²) in [6.45, 7) is 1.51. The number of hydrogen-bond donors (Lipinski definition) is 0. The average molecular weight is 442 g/mol. The van der Waals surface area contributed by atoms with Crippen molar-refractivity contribution in [2.75, 3.05) is 0 Å². The van der Waals surface area contributed by atoms with Crippen LogP contribution in [0.5, 0.6) is 11.5 Å². The first-order valence-corrected chi connectivity index (χ1v) is 9.60. The van der Waals surface area contributed by atoms with Crippen LogP contribution in [0.25, 0.3) is 11.3 Å². The topological polar surface area (TPSA) is 70.0 Å². The highest BCUT2D eigenvalue weighted by atomic mass is 19.4. The molecule has 0 fully saturated rings. The van der Waals surface area contributed by atoms with Crippen LogP contribution in [-0.2, 0) is 4.84 Å². The molecular formula is C23H17F3N2O4. The van der Waals surface area contributed by atoms with Crippen LogP contribution in [0.1, 0.15) is 35.4 Å². The maximum atomic E-state index is 12.3. The van der Waals surface area contributed by atoms with Crippen LogP contribution in [-0.4, -0.2) is 23.0 Å². The van der Waals surface area contributed by atoms with Crippen LogP contribution in [0.3, 0.4) is 0 Å². The van der Waals surface area contributed by atoms with E-state index < -0.39 is 12.5 Å². The smallest absolute Gasteiger partial charge is 0.438 e. The van der Waals surface area contributed by atoms with E-state index in [9.17, 15) is 18.0 Å². The van der Waals surface area contributed by atoms with Gasteiger partial charge in [0.2, 0.25) is 5.90 Å². The van der Waals surface area contributed by atoms with Gasteiger partial charge in [-0.25, -0.2) is 0 Å². The van der Waals surface area contributed by atoms with Crippen LogP contribution >= 0.6 is 0 Å². The molecule has 0 amide bonds. The first-order valence-electron chi connectivity index (χ1n) is 9.60. The van der Waals surface area contributed by atoms with E-state index in [0.717, 1.165) is 5.56 Å². The van der Waals surface area contributed by atoms with Gasteiger partial charge in [0, 0.05) is 11.1 Å². The number of aromatic nitrogens is 1. The predicted molar refractivity (Wildman–Crippen MR) is 109 cm³/mol. The Morgan fingerprint density at radius 1 is 1.06 bits per heavy atom. The molecule has 1 aliphatic rings. The molecule has 0 spiro atoms. The van der Waals surface area contributed by atoms with E-state index in [4.69, 9.17) is 9.57 Å². The molecule has 6 nitrogen and oxygen atoms in total. The minimum absolute atomic E-state index is 0.0249. The maximum absolute atomic E-state index is 12.3. The Morgan fingerprint density at radius 2 is 1.81 bits per heavy atom. The first-order chi connectivity index (χ1) is 15.3. The lowest BCUT2D eigenvalue weighted by Crippen LogP contribution is -2.17. The average Bonchev–Trinajstić information content (AvgIpc) is 3.22. The second-order valence-electron chi connectivity index (χ2n) is 7.02. The molecule has 0 bridgehead atoms. The molecule has 0 saturated heterocycles. The third-order valence-electron chi connectivity index (χ3n) is 4.66. The molecule has 0 radical (unpaired) electrons. The molecule has 9 heteroatoms. The molecule has 164 valence electrons. The summed E-state index contributed by atoms with van der Waals surface area (Å²) in [5.41, 5.74) is 2.74. The lowest BCUT2D eigenvalue weighted by molar-refractivity contribution is -0.274. The van der Waals surface area contributed by atoms with Crippen LogP contribution in [0.2, 0.25) is 0 Å². The van der Waals surface area contributed by atoms with Crippen molar-refractivity contribution in [1.29, 1.82) is 0 Å². The molecule has 3 aromatic rings. The van der Waals surface area contributed by atoms with Crippen LogP contribution in [0, 0.1) is 0 Å². The second-order valence-corrected chi connectivity index (χ2v) is 7.02. The number of oxime groups is 1. The van der Waals surface area contributed by atoms with Gasteiger partial charge in [-0.05, 0) is 42.8 Å². The van der Waals surface area contributed by atoms with Gasteiger partial charge in [0.1, 0.15) is 11.5 Å². The standard InChI is InChI=1S/C23H17F3N2O4/c1-14(29)16-3-2-4-17(11-16)20-10-9-19(13-27-20)30-22-12-21(32-28-22)15-5-7-18(8-6-15)31-23(24,25)26/h2-11,13,21H,12H2,1H3/t21-/m0/s1. The van der Waals surface area contributed by atoms with Crippen molar-refractivity contribution >= 4 is 11.7 Å². The van der Waals surface area contributed by atoms with Gasteiger partial charge in [0.25, 0.3) is 0 Å². The molecule has 0 N–H and O–H groups in total. The van der Waals surface area contributed by atoms with E-state index in [0.29, 0.717) is 34.9 Å². The van der Waals surface area contributed by atoms with Crippen molar-refractivity contribution in [3.63, 3.8) is 0 Å². The number of alkyl halides is 3. The Bertz CT molecular complexity index is 1140. The lowest BCUT2D eigenvalue weighted by atomic mass is 10.1. The number of benzene rings is 2. The van der Waals surface area contributed by atoms with Gasteiger partial charge in [-0.3, -0.25) is 9.78 Å². The summed E-state index contributed by atoms with van der Waals surface area (Å²) in [4.78, 5) is 21.3. The van der Waals surface area contributed by atoms with Gasteiger partial charge in [-0.15, -0.1) is 13.2 Å². The van der Waals surface area contributed by atoms with Crippen molar-refractivity contribution < 1.29 is 32.3 Å². The summed E-state index contributed by atoms with van der Waals surface area (Å²) in [5, 5.41) is 3.90. The fourth-order valence-electron chi connectivity index (χ4n) is 3.12. The third kappa shape index (κ3) is 5.23. The summed E-state index contributed by atoms with van der Waals surface area (Å²) in [5.74, 6) is 0.437. The largest absolute Gasteiger partial charge is 0.573 e. The molecule has 0 aliphatic carbocycles. The van der Waals surface area contributed by atoms with E-state index in [1.807, 2.05) is 6.07 Å². The minimum atomic E-state index is -4.74. The fourth-order valence-corrected chi connectivity index (χ4v) is 3.12. The van der Waals surface area contributed by atoms with E-state index in [1.165, 1.54) is 37.4 Å². The van der Waals surface area contributed by atoms with Gasteiger partial charge in [-0.1, -0.05) is 35.5 Å². The van der Waals surface area contributed by atoms with E-state index in [2.05, 4.69) is 14.9 Å². The summed E-state index contributed by atoms with van der Waals surface area (Å²) >= 11 is 0.